The third-order valence-corrected chi connectivity index (χ3v) is 4.06. The van der Waals surface area contributed by atoms with Crippen molar-refractivity contribution >= 4 is 29.9 Å². The summed E-state index contributed by atoms with van der Waals surface area (Å²) in [4.78, 5) is 20.2. The fourth-order valence-corrected chi connectivity index (χ4v) is 2.90. The van der Waals surface area contributed by atoms with E-state index in [4.69, 9.17) is 16.3 Å². The molecule has 2 aromatic heterocycles. The molecular formula is C17H20Cl2N4O2. The van der Waals surface area contributed by atoms with E-state index < -0.39 is 0 Å². The first-order valence-electron chi connectivity index (χ1n) is 7.79. The van der Waals surface area contributed by atoms with E-state index in [-0.39, 0.29) is 30.5 Å². The van der Waals surface area contributed by atoms with E-state index in [2.05, 4.69) is 20.6 Å². The molecule has 0 aliphatic carbocycles. The summed E-state index contributed by atoms with van der Waals surface area (Å²) in [7, 11) is 1.57. The van der Waals surface area contributed by atoms with Crippen LogP contribution >= 0.6 is 24.0 Å². The molecule has 2 atom stereocenters. The Labute approximate surface area is 157 Å². The van der Waals surface area contributed by atoms with Gasteiger partial charge in [-0.25, -0.2) is 4.98 Å². The van der Waals surface area contributed by atoms with Gasteiger partial charge in [0.1, 0.15) is 10.8 Å². The van der Waals surface area contributed by atoms with Crippen molar-refractivity contribution in [3.05, 3.63) is 46.9 Å². The van der Waals surface area contributed by atoms with Gasteiger partial charge in [0.05, 0.1) is 17.9 Å². The van der Waals surface area contributed by atoms with Crippen LogP contribution in [0, 0.1) is 0 Å². The third-order valence-electron chi connectivity index (χ3n) is 3.86. The van der Waals surface area contributed by atoms with Crippen molar-refractivity contribution in [1.29, 1.82) is 0 Å². The third kappa shape index (κ3) is 4.67. The molecule has 6 nitrogen and oxygen atoms in total. The zero-order valence-corrected chi connectivity index (χ0v) is 15.5. The largest absolute Gasteiger partial charge is 0.368 e. The molecule has 25 heavy (non-hydrogen) atoms. The Balaban J connectivity index is 0.00000225. The number of carbonyl (C=O) groups excluding carboxylic acids is 1. The van der Waals surface area contributed by atoms with E-state index in [1.54, 1.807) is 25.4 Å². The van der Waals surface area contributed by atoms with Crippen molar-refractivity contribution in [1.82, 2.24) is 20.6 Å². The number of pyridine rings is 2. The molecule has 0 spiro atoms. The molecule has 0 saturated carbocycles. The second kappa shape index (κ2) is 8.58. The molecule has 3 heterocycles. The van der Waals surface area contributed by atoms with E-state index in [1.165, 1.54) is 0 Å². The van der Waals surface area contributed by atoms with E-state index in [9.17, 15) is 4.79 Å². The highest BCUT2D eigenvalue weighted by atomic mass is 35.5. The SMILES string of the molecule is CNC(=O)c1cc(-c2cc([C@H]3CNC[C@H](C)O3)cc(Cl)n2)ccn1.Cl. The average molecular weight is 383 g/mol. The van der Waals surface area contributed by atoms with Gasteiger partial charge in [-0.05, 0) is 36.8 Å². The van der Waals surface area contributed by atoms with Crippen molar-refractivity contribution in [2.75, 3.05) is 20.1 Å². The maximum Gasteiger partial charge on any atom is 0.269 e. The van der Waals surface area contributed by atoms with Crippen molar-refractivity contribution in [2.45, 2.75) is 19.1 Å². The molecule has 1 fully saturated rings. The predicted octanol–water partition coefficient (Wildman–Crippen LogP) is 2.63. The van der Waals surface area contributed by atoms with Crippen LogP contribution in [0.25, 0.3) is 11.3 Å². The van der Waals surface area contributed by atoms with Crippen molar-refractivity contribution in [3.63, 3.8) is 0 Å². The van der Waals surface area contributed by atoms with Crippen LogP contribution in [0.3, 0.4) is 0 Å². The highest BCUT2D eigenvalue weighted by molar-refractivity contribution is 6.29. The zero-order chi connectivity index (χ0) is 17.1. The standard InChI is InChI=1S/C17H19ClN4O2.ClH/c1-10-8-20-9-15(24-10)12-6-13(22-16(18)7-12)11-3-4-21-14(5-11)17(23)19-2;/h3-7,10,15,20H,8-9H2,1-2H3,(H,19,23);1H/t10-,15+;/m0./s1. The Morgan fingerprint density at radius 1 is 1.36 bits per heavy atom. The molecule has 1 aliphatic heterocycles. The first-order valence-corrected chi connectivity index (χ1v) is 8.17. The molecule has 0 unspecified atom stereocenters. The number of nitrogens with one attached hydrogen (secondary N) is 2. The summed E-state index contributed by atoms with van der Waals surface area (Å²) in [6.07, 6.45) is 1.65. The average Bonchev–Trinajstić information content (AvgIpc) is 2.60. The lowest BCUT2D eigenvalue weighted by Crippen LogP contribution is -2.38. The van der Waals surface area contributed by atoms with Crippen molar-refractivity contribution < 1.29 is 9.53 Å². The lowest BCUT2D eigenvalue weighted by atomic mass is 10.0. The topological polar surface area (TPSA) is 76.1 Å². The molecule has 0 aromatic carbocycles. The highest BCUT2D eigenvalue weighted by Crippen LogP contribution is 2.28. The molecule has 1 amide bonds. The fourth-order valence-electron chi connectivity index (χ4n) is 2.68. The Kier molecular flexibility index (Phi) is 6.72. The van der Waals surface area contributed by atoms with Crippen LogP contribution in [0.5, 0.6) is 0 Å². The van der Waals surface area contributed by atoms with Gasteiger partial charge in [0.15, 0.2) is 0 Å². The van der Waals surface area contributed by atoms with Crippen molar-refractivity contribution in [3.8, 4) is 11.3 Å². The van der Waals surface area contributed by atoms with Crippen LogP contribution in [0.2, 0.25) is 5.15 Å². The molecule has 1 aliphatic rings. The summed E-state index contributed by atoms with van der Waals surface area (Å²) < 4.78 is 5.97. The van der Waals surface area contributed by atoms with E-state index in [0.717, 1.165) is 24.2 Å². The Hall–Kier alpha value is -1.73. The summed E-state index contributed by atoms with van der Waals surface area (Å²) >= 11 is 6.20. The second-order valence-electron chi connectivity index (χ2n) is 5.71. The van der Waals surface area contributed by atoms with Gasteiger partial charge in [-0.2, -0.15) is 0 Å². The molecule has 2 N–H and O–H groups in total. The van der Waals surface area contributed by atoms with Gasteiger partial charge in [-0.3, -0.25) is 9.78 Å². The number of carbonyl (C=O) groups is 1. The number of aromatic nitrogens is 2. The molecule has 8 heteroatoms. The minimum Gasteiger partial charge on any atom is -0.368 e. The van der Waals surface area contributed by atoms with Crippen LogP contribution in [-0.4, -0.2) is 42.1 Å². The lowest BCUT2D eigenvalue weighted by molar-refractivity contribution is -0.0287. The monoisotopic (exact) mass is 382 g/mol. The van der Waals surface area contributed by atoms with Gasteiger partial charge in [0, 0.05) is 31.9 Å². The fraction of sp³-hybridized carbons (Fsp3) is 0.353. The van der Waals surface area contributed by atoms with Gasteiger partial charge in [-0.15, -0.1) is 12.4 Å². The first kappa shape index (κ1) is 19.6. The molecular weight excluding hydrogens is 363 g/mol. The number of hydrogen-bond donors (Lipinski definition) is 2. The molecule has 0 radical (unpaired) electrons. The lowest BCUT2D eigenvalue weighted by Gasteiger charge is -2.29. The summed E-state index contributed by atoms with van der Waals surface area (Å²) in [5.41, 5.74) is 2.76. The minimum absolute atomic E-state index is 0. The number of rotatable bonds is 3. The Morgan fingerprint density at radius 2 is 2.16 bits per heavy atom. The molecule has 0 bridgehead atoms. The van der Waals surface area contributed by atoms with Gasteiger partial charge >= 0.3 is 0 Å². The van der Waals surface area contributed by atoms with Crippen LogP contribution < -0.4 is 10.6 Å². The van der Waals surface area contributed by atoms with Crippen LogP contribution in [0.15, 0.2) is 30.5 Å². The predicted molar refractivity (Wildman–Crippen MR) is 99.3 cm³/mol. The van der Waals surface area contributed by atoms with Gasteiger partial charge in [0.25, 0.3) is 5.91 Å². The summed E-state index contributed by atoms with van der Waals surface area (Å²) in [5, 5.41) is 6.30. The first-order chi connectivity index (χ1) is 11.6. The molecule has 134 valence electrons. The maximum absolute atomic E-state index is 11.8. The second-order valence-corrected chi connectivity index (χ2v) is 6.10. The Bertz CT molecular complexity index is 757. The number of morpholine rings is 1. The van der Waals surface area contributed by atoms with E-state index in [1.807, 2.05) is 19.1 Å². The van der Waals surface area contributed by atoms with E-state index >= 15 is 0 Å². The van der Waals surface area contributed by atoms with Gasteiger partial charge in [0.2, 0.25) is 0 Å². The summed E-state index contributed by atoms with van der Waals surface area (Å²) in [5.74, 6) is -0.243. The van der Waals surface area contributed by atoms with Crippen LogP contribution in [0.1, 0.15) is 29.1 Å². The smallest absolute Gasteiger partial charge is 0.269 e. The molecule has 1 saturated heterocycles. The number of nitrogens with zero attached hydrogens (tertiary/aromatic N) is 2. The summed E-state index contributed by atoms with van der Waals surface area (Å²) in [6.45, 7) is 3.59. The number of hydrogen-bond acceptors (Lipinski definition) is 5. The quantitative estimate of drug-likeness (QED) is 0.797. The minimum atomic E-state index is -0.243. The number of ether oxygens (including phenoxy) is 1. The van der Waals surface area contributed by atoms with E-state index in [0.29, 0.717) is 16.5 Å². The number of amides is 1. The maximum atomic E-state index is 11.8. The van der Waals surface area contributed by atoms with Gasteiger partial charge in [-0.1, -0.05) is 11.6 Å². The summed E-state index contributed by atoms with van der Waals surface area (Å²) in [6, 6.07) is 7.26. The normalized spacial score (nSPS) is 19.8. The zero-order valence-electron chi connectivity index (χ0n) is 14.0. The highest BCUT2D eigenvalue weighted by Gasteiger charge is 2.21. The van der Waals surface area contributed by atoms with Crippen molar-refractivity contribution in [2.24, 2.45) is 0 Å². The van der Waals surface area contributed by atoms with Crippen LogP contribution in [0.4, 0.5) is 0 Å². The molecule has 2 aromatic rings. The number of halogens is 2. The van der Waals surface area contributed by atoms with Gasteiger partial charge < -0.3 is 15.4 Å². The Morgan fingerprint density at radius 3 is 2.88 bits per heavy atom. The van der Waals surface area contributed by atoms with Crippen LogP contribution in [-0.2, 0) is 4.74 Å². The molecule has 3 rings (SSSR count).